The molecule has 0 bridgehead atoms. The molecule has 0 aliphatic heterocycles. The smallest absolute Gasteiger partial charge is 0.305 e. The summed E-state index contributed by atoms with van der Waals surface area (Å²) in [5.41, 5.74) is 0.171. The molecule has 1 N–H and O–H groups in total. The maximum atomic E-state index is 11.1. The molecule has 21 heavy (non-hydrogen) atoms. The van der Waals surface area contributed by atoms with Gasteiger partial charge in [0.2, 0.25) is 0 Å². The second kappa shape index (κ2) is 6.54. The molecule has 1 aliphatic carbocycles. The first-order chi connectivity index (χ1) is 9.95. The Kier molecular flexibility index (Phi) is 4.96. The fraction of sp³-hybridized carbons (Fsp3) is 0.867. The van der Waals surface area contributed by atoms with Gasteiger partial charge in [-0.2, -0.15) is 0 Å². The van der Waals surface area contributed by atoms with E-state index in [1.165, 1.54) is 19.3 Å². The Hall–Kier alpha value is -1.46. The monoisotopic (exact) mass is 294 g/mol. The van der Waals surface area contributed by atoms with Crippen molar-refractivity contribution in [3.63, 3.8) is 0 Å². The number of aliphatic carboxylic acids is 1. The fourth-order valence-corrected chi connectivity index (χ4v) is 3.51. The number of carbonyl (C=O) groups is 1. The molecule has 2 unspecified atom stereocenters. The van der Waals surface area contributed by atoms with Gasteiger partial charge >= 0.3 is 5.97 Å². The normalized spacial score (nSPS) is 22.9. The van der Waals surface area contributed by atoms with Gasteiger partial charge in [-0.1, -0.05) is 40.0 Å². The Morgan fingerprint density at radius 1 is 1.48 bits per heavy atom. The number of hydrogen-bond donors (Lipinski definition) is 1. The van der Waals surface area contributed by atoms with Crippen LogP contribution in [0.15, 0.2) is 0 Å². The highest BCUT2D eigenvalue weighted by Crippen LogP contribution is 2.46. The van der Waals surface area contributed by atoms with Crippen LogP contribution in [-0.4, -0.2) is 31.3 Å². The zero-order chi connectivity index (χ0) is 15.5. The molecular formula is C15H26N4O2. The van der Waals surface area contributed by atoms with Crippen molar-refractivity contribution in [2.45, 2.75) is 77.7 Å². The van der Waals surface area contributed by atoms with E-state index < -0.39 is 5.97 Å². The van der Waals surface area contributed by atoms with Crippen LogP contribution in [0.3, 0.4) is 0 Å². The van der Waals surface area contributed by atoms with Gasteiger partial charge in [0.05, 0.1) is 12.5 Å². The lowest BCUT2D eigenvalue weighted by atomic mass is 9.68. The zero-order valence-corrected chi connectivity index (χ0v) is 13.2. The SMILES string of the molecule is CCCC(CC(=O)O)n1nnnc1C1CCCCC1(C)C. The van der Waals surface area contributed by atoms with E-state index in [9.17, 15) is 4.79 Å². The van der Waals surface area contributed by atoms with Crippen LogP contribution in [0.2, 0.25) is 0 Å². The van der Waals surface area contributed by atoms with Crippen LogP contribution < -0.4 is 0 Å². The van der Waals surface area contributed by atoms with Gasteiger partial charge in [0.25, 0.3) is 0 Å². The Morgan fingerprint density at radius 3 is 2.86 bits per heavy atom. The lowest BCUT2D eigenvalue weighted by molar-refractivity contribution is -0.138. The summed E-state index contributed by atoms with van der Waals surface area (Å²) in [7, 11) is 0. The van der Waals surface area contributed by atoms with Crippen molar-refractivity contribution in [2.75, 3.05) is 0 Å². The molecule has 6 nitrogen and oxygen atoms in total. The van der Waals surface area contributed by atoms with Gasteiger partial charge in [0.15, 0.2) is 5.82 Å². The Labute approximate surface area is 125 Å². The molecule has 1 saturated carbocycles. The third-order valence-electron chi connectivity index (χ3n) is 4.72. The molecule has 0 saturated heterocycles. The minimum absolute atomic E-state index is 0.0824. The van der Waals surface area contributed by atoms with E-state index in [4.69, 9.17) is 5.11 Å². The van der Waals surface area contributed by atoms with Crippen molar-refractivity contribution in [1.82, 2.24) is 20.2 Å². The number of nitrogens with zero attached hydrogens (tertiary/aromatic N) is 4. The first-order valence-electron chi connectivity index (χ1n) is 7.95. The molecule has 0 amide bonds. The van der Waals surface area contributed by atoms with E-state index in [1.807, 2.05) is 0 Å². The second-order valence-electron chi connectivity index (χ2n) is 6.81. The molecule has 1 aromatic heterocycles. The summed E-state index contributed by atoms with van der Waals surface area (Å²) in [5.74, 6) is 0.395. The van der Waals surface area contributed by atoms with Gasteiger partial charge in [-0.05, 0) is 35.1 Å². The van der Waals surface area contributed by atoms with E-state index in [0.29, 0.717) is 5.92 Å². The van der Waals surface area contributed by atoms with E-state index in [1.54, 1.807) is 4.68 Å². The molecule has 1 heterocycles. The third kappa shape index (κ3) is 3.60. The predicted molar refractivity (Wildman–Crippen MR) is 79.0 cm³/mol. The van der Waals surface area contributed by atoms with E-state index in [-0.39, 0.29) is 17.9 Å². The van der Waals surface area contributed by atoms with Crippen LogP contribution >= 0.6 is 0 Å². The van der Waals surface area contributed by atoms with Crippen molar-refractivity contribution in [2.24, 2.45) is 5.41 Å². The van der Waals surface area contributed by atoms with Gasteiger partial charge in [-0.25, -0.2) is 4.68 Å². The molecule has 2 rings (SSSR count). The van der Waals surface area contributed by atoms with E-state index in [2.05, 4.69) is 36.3 Å². The van der Waals surface area contributed by atoms with Crippen LogP contribution in [-0.2, 0) is 4.79 Å². The summed E-state index contributed by atoms with van der Waals surface area (Å²) in [5, 5.41) is 21.4. The highest BCUT2D eigenvalue weighted by atomic mass is 16.4. The molecule has 1 aromatic rings. The maximum Gasteiger partial charge on any atom is 0.305 e. The molecule has 0 spiro atoms. The quantitative estimate of drug-likeness (QED) is 0.871. The summed E-state index contributed by atoms with van der Waals surface area (Å²) in [6.07, 6.45) is 6.49. The highest BCUT2D eigenvalue weighted by Gasteiger charge is 2.37. The van der Waals surface area contributed by atoms with Crippen molar-refractivity contribution in [3.8, 4) is 0 Å². The fourth-order valence-electron chi connectivity index (χ4n) is 3.51. The summed E-state index contributed by atoms with van der Waals surface area (Å²) < 4.78 is 1.79. The predicted octanol–water partition coefficient (Wildman–Crippen LogP) is 3.17. The standard InChI is InChI=1S/C15H26N4O2/c1-4-7-11(10-13(20)21)19-14(16-17-18-19)12-8-5-6-9-15(12,2)3/h11-12H,4-10H2,1-3H3,(H,20,21). The highest BCUT2D eigenvalue weighted by molar-refractivity contribution is 5.67. The molecule has 1 fully saturated rings. The third-order valence-corrected chi connectivity index (χ3v) is 4.72. The molecule has 0 aromatic carbocycles. The minimum atomic E-state index is -0.794. The summed E-state index contributed by atoms with van der Waals surface area (Å²) in [4.78, 5) is 11.1. The Morgan fingerprint density at radius 2 is 2.24 bits per heavy atom. The molecule has 118 valence electrons. The summed E-state index contributed by atoms with van der Waals surface area (Å²) >= 11 is 0. The Bertz CT molecular complexity index is 484. The minimum Gasteiger partial charge on any atom is -0.481 e. The molecule has 2 atom stereocenters. The summed E-state index contributed by atoms with van der Waals surface area (Å²) in [6.45, 7) is 6.59. The van der Waals surface area contributed by atoms with Crippen LogP contribution in [0.5, 0.6) is 0 Å². The molecule has 0 radical (unpaired) electrons. The first kappa shape index (κ1) is 15.9. The second-order valence-corrected chi connectivity index (χ2v) is 6.81. The van der Waals surface area contributed by atoms with Gasteiger partial charge in [-0.3, -0.25) is 4.79 Å². The number of rotatable bonds is 6. The lowest BCUT2D eigenvalue weighted by Crippen LogP contribution is -2.30. The van der Waals surface area contributed by atoms with Crippen molar-refractivity contribution in [1.29, 1.82) is 0 Å². The van der Waals surface area contributed by atoms with Crippen LogP contribution in [0.1, 0.15) is 83.5 Å². The maximum absolute atomic E-state index is 11.1. The van der Waals surface area contributed by atoms with Crippen molar-refractivity contribution < 1.29 is 9.90 Å². The van der Waals surface area contributed by atoms with Gasteiger partial charge in [0, 0.05) is 5.92 Å². The zero-order valence-electron chi connectivity index (χ0n) is 13.2. The average Bonchev–Trinajstić information content (AvgIpc) is 2.86. The van der Waals surface area contributed by atoms with Crippen LogP contribution in [0.25, 0.3) is 0 Å². The number of carboxylic acids is 1. The largest absolute Gasteiger partial charge is 0.481 e. The van der Waals surface area contributed by atoms with E-state index in [0.717, 1.165) is 25.1 Å². The van der Waals surface area contributed by atoms with Crippen LogP contribution in [0, 0.1) is 5.41 Å². The number of carboxylic acid groups (broad SMARTS) is 1. The number of hydrogen-bond acceptors (Lipinski definition) is 4. The molecule has 6 heteroatoms. The van der Waals surface area contributed by atoms with Crippen molar-refractivity contribution >= 4 is 5.97 Å². The topological polar surface area (TPSA) is 80.9 Å². The number of aromatic nitrogens is 4. The van der Waals surface area contributed by atoms with Crippen LogP contribution in [0.4, 0.5) is 0 Å². The summed E-state index contributed by atoms with van der Waals surface area (Å²) in [6, 6.07) is -0.143. The van der Waals surface area contributed by atoms with E-state index >= 15 is 0 Å². The molecular weight excluding hydrogens is 268 g/mol. The number of tetrazole rings is 1. The van der Waals surface area contributed by atoms with Crippen molar-refractivity contribution in [3.05, 3.63) is 5.82 Å². The lowest BCUT2D eigenvalue weighted by Gasteiger charge is -2.38. The molecule has 1 aliphatic rings. The van der Waals surface area contributed by atoms with Gasteiger partial charge < -0.3 is 5.11 Å². The van der Waals surface area contributed by atoms with Gasteiger partial charge in [-0.15, -0.1) is 5.10 Å². The Balaban J connectivity index is 2.29. The van der Waals surface area contributed by atoms with Gasteiger partial charge in [0.1, 0.15) is 0 Å². The first-order valence-corrected chi connectivity index (χ1v) is 7.95. The average molecular weight is 294 g/mol.